The Morgan fingerprint density at radius 2 is 0.927 bits per heavy atom. The highest BCUT2D eigenvalue weighted by molar-refractivity contribution is 9.10. The first-order valence-electron chi connectivity index (χ1n) is 13.6. The van der Waals surface area contributed by atoms with Gasteiger partial charge in [-0.15, -0.1) is 0 Å². The lowest BCUT2D eigenvalue weighted by atomic mass is 9.92. The highest BCUT2D eigenvalue weighted by atomic mass is 79.9. The van der Waals surface area contributed by atoms with Crippen LogP contribution in [0.1, 0.15) is 11.1 Å². The molecule has 0 atom stereocenters. The molecular weight excluding hydrogens is 566 g/mol. The second kappa shape index (κ2) is 10.4. The molecule has 0 unspecified atom stereocenters. The molecule has 1 aromatic heterocycles. The lowest BCUT2D eigenvalue weighted by Crippen LogP contribution is -2.00. The largest absolute Gasteiger partial charge is 0.208 e. The summed E-state index contributed by atoms with van der Waals surface area (Å²) in [6.07, 6.45) is 0. The zero-order valence-electron chi connectivity index (χ0n) is 22.8. The Labute approximate surface area is 247 Å². The van der Waals surface area contributed by atoms with E-state index in [1.165, 1.54) is 38.2 Å². The number of hydrogen-bond donors (Lipinski definition) is 0. The van der Waals surface area contributed by atoms with E-state index in [2.05, 4.69) is 151 Å². The normalized spacial score (nSPS) is 11.3. The van der Waals surface area contributed by atoms with E-state index >= 15 is 0 Å². The van der Waals surface area contributed by atoms with Crippen LogP contribution < -0.4 is 0 Å². The van der Waals surface area contributed by atoms with Crippen molar-refractivity contribution < 1.29 is 0 Å². The second-order valence-electron chi connectivity index (χ2n) is 10.5. The predicted molar refractivity (Wildman–Crippen MR) is 174 cm³/mol. The summed E-state index contributed by atoms with van der Waals surface area (Å²) >= 11 is 3.79. The molecule has 0 aliphatic carbocycles. The van der Waals surface area contributed by atoms with Crippen molar-refractivity contribution in [2.45, 2.75) is 13.8 Å². The van der Waals surface area contributed by atoms with E-state index in [9.17, 15) is 0 Å². The maximum Gasteiger partial charge on any atom is 0.164 e. The predicted octanol–water partition coefficient (Wildman–Crippen LogP) is 10.2. The molecular formula is C37H26BrN3. The fourth-order valence-corrected chi connectivity index (χ4v) is 5.83. The molecule has 0 aliphatic rings. The van der Waals surface area contributed by atoms with Crippen LogP contribution in [0.15, 0.2) is 126 Å². The third kappa shape index (κ3) is 4.92. The van der Waals surface area contributed by atoms with Crippen LogP contribution in [-0.2, 0) is 0 Å². The minimum absolute atomic E-state index is 0.638. The molecule has 0 saturated heterocycles. The van der Waals surface area contributed by atoms with E-state index in [-0.39, 0.29) is 0 Å². The fourth-order valence-electron chi connectivity index (χ4n) is 5.34. The zero-order valence-corrected chi connectivity index (χ0v) is 24.4. The van der Waals surface area contributed by atoms with Gasteiger partial charge in [-0.2, -0.15) is 0 Å². The first-order valence-corrected chi connectivity index (χ1v) is 14.4. The highest BCUT2D eigenvalue weighted by Crippen LogP contribution is 2.38. The van der Waals surface area contributed by atoms with Crippen molar-refractivity contribution in [3.05, 3.63) is 137 Å². The average Bonchev–Trinajstić information content (AvgIpc) is 3.01. The molecule has 0 N–H and O–H groups in total. The number of halogens is 1. The van der Waals surface area contributed by atoms with E-state index < -0.39 is 0 Å². The third-order valence-electron chi connectivity index (χ3n) is 7.49. The van der Waals surface area contributed by atoms with Crippen LogP contribution in [0.25, 0.3) is 66.8 Å². The first-order chi connectivity index (χ1) is 20.0. The Kier molecular flexibility index (Phi) is 6.41. The Morgan fingerprint density at radius 3 is 1.54 bits per heavy atom. The van der Waals surface area contributed by atoms with Crippen molar-refractivity contribution in [2.24, 2.45) is 0 Å². The average molecular weight is 593 g/mol. The van der Waals surface area contributed by atoms with Crippen LogP contribution in [0.4, 0.5) is 0 Å². The van der Waals surface area contributed by atoms with Crippen LogP contribution >= 0.6 is 15.9 Å². The number of aromatic nitrogens is 3. The van der Waals surface area contributed by atoms with E-state index in [4.69, 9.17) is 15.0 Å². The van der Waals surface area contributed by atoms with Gasteiger partial charge in [0.15, 0.2) is 17.5 Å². The molecule has 3 nitrogen and oxygen atoms in total. The number of hydrogen-bond acceptors (Lipinski definition) is 3. The minimum Gasteiger partial charge on any atom is -0.208 e. The number of rotatable bonds is 4. The molecule has 41 heavy (non-hydrogen) atoms. The molecule has 0 fully saturated rings. The number of aryl methyl sites for hydroxylation is 2. The van der Waals surface area contributed by atoms with E-state index in [1.807, 2.05) is 0 Å². The highest BCUT2D eigenvalue weighted by Gasteiger charge is 2.15. The monoisotopic (exact) mass is 591 g/mol. The maximum atomic E-state index is 4.99. The van der Waals surface area contributed by atoms with Crippen LogP contribution in [0.3, 0.4) is 0 Å². The molecule has 0 spiro atoms. The third-order valence-corrected chi connectivity index (χ3v) is 7.95. The molecule has 0 amide bonds. The summed E-state index contributed by atoms with van der Waals surface area (Å²) in [5, 5.41) is 4.92. The van der Waals surface area contributed by atoms with Crippen molar-refractivity contribution in [3.63, 3.8) is 0 Å². The Bertz CT molecular complexity index is 2000. The van der Waals surface area contributed by atoms with Gasteiger partial charge in [0.05, 0.1) is 0 Å². The number of nitrogens with zero attached hydrogens (tertiary/aromatic N) is 3. The van der Waals surface area contributed by atoms with Crippen molar-refractivity contribution >= 4 is 37.5 Å². The lowest BCUT2D eigenvalue weighted by Gasteiger charge is -2.13. The van der Waals surface area contributed by atoms with Gasteiger partial charge in [-0.05, 0) is 70.8 Å². The van der Waals surface area contributed by atoms with Gasteiger partial charge in [-0.3, -0.25) is 0 Å². The lowest BCUT2D eigenvalue weighted by molar-refractivity contribution is 1.07. The summed E-state index contributed by atoms with van der Waals surface area (Å²) in [6, 6.07) is 42.5. The summed E-state index contributed by atoms with van der Waals surface area (Å²) in [5.74, 6) is 1.95. The summed E-state index contributed by atoms with van der Waals surface area (Å²) in [4.78, 5) is 14.9. The Balaban J connectivity index is 1.44. The van der Waals surface area contributed by atoms with Crippen LogP contribution in [-0.4, -0.2) is 15.0 Å². The van der Waals surface area contributed by atoms with Crippen molar-refractivity contribution in [1.29, 1.82) is 0 Å². The molecule has 4 heteroatoms. The standard InChI is InChI=1S/C37H26BrN3/c1-23-11-15-25(16-12-23)35-39-36(26-17-13-24(2)14-18-26)41-37(40-35)29-19-28(20-30(38)21-29)34-22-27-7-3-4-8-31(27)32-9-5-6-10-33(32)34/h3-22H,1-2H3. The minimum atomic E-state index is 0.638. The van der Waals surface area contributed by atoms with Gasteiger partial charge in [-0.1, -0.05) is 124 Å². The van der Waals surface area contributed by atoms with E-state index in [0.717, 1.165) is 26.7 Å². The van der Waals surface area contributed by atoms with Crippen LogP contribution in [0.5, 0.6) is 0 Å². The summed E-state index contributed by atoms with van der Waals surface area (Å²) in [6.45, 7) is 4.17. The van der Waals surface area contributed by atoms with Gasteiger partial charge in [-0.25, -0.2) is 15.0 Å². The van der Waals surface area contributed by atoms with E-state index in [1.54, 1.807) is 0 Å². The summed E-state index contributed by atoms with van der Waals surface area (Å²) in [7, 11) is 0. The molecule has 1 heterocycles. The summed E-state index contributed by atoms with van der Waals surface area (Å²) < 4.78 is 0.969. The summed E-state index contributed by atoms with van der Waals surface area (Å²) in [5.41, 5.74) is 7.52. The van der Waals surface area contributed by atoms with Gasteiger partial charge in [0, 0.05) is 21.2 Å². The number of fused-ring (bicyclic) bond motifs is 3. The van der Waals surface area contributed by atoms with E-state index in [0.29, 0.717) is 17.5 Å². The second-order valence-corrected chi connectivity index (χ2v) is 11.4. The molecule has 7 aromatic rings. The quantitative estimate of drug-likeness (QED) is 0.191. The molecule has 0 radical (unpaired) electrons. The van der Waals surface area contributed by atoms with Gasteiger partial charge in [0.25, 0.3) is 0 Å². The SMILES string of the molecule is Cc1ccc(-c2nc(-c3ccc(C)cc3)nc(-c3cc(Br)cc(-c4cc5ccccc5c5ccccc45)c3)n2)cc1. The zero-order chi connectivity index (χ0) is 27.9. The Morgan fingerprint density at radius 1 is 0.439 bits per heavy atom. The van der Waals surface area contributed by atoms with Crippen molar-refractivity contribution in [1.82, 2.24) is 15.0 Å². The number of benzene rings is 6. The van der Waals surface area contributed by atoms with Crippen LogP contribution in [0, 0.1) is 13.8 Å². The van der Waals surface area contributed by atoms with Gasteiger partial charge < -0.3 is 0 Å². The molecule has 6 aromatic carbocycles. The molecule has 0 bridgehead atoms. The molecule has 196 valence electrons. The Hall–Kier alpha value is -4.67. The smallest absolute Gasteiger partial charge is 0.164 e. The molecule has 0 saturated carbocycles. The van der Waals surface area contributed by atoms with Crippen molar-refractivity contribution in [2.75, 3.05) is 0 Å². The van der Waals surface area contributed by atoms with Gasteiger partial charge in [0.2, 0.25) is 0 Å². The van der Waals surface area contributed by atoms with Gasteiger partial charge in [0.1, 0.15) is 0 Å². The maximum absolute atomic E-state index is 4.99. The van der Waals surface area contributed by atoms with Crippen LogP contribution in [0.2, 0.25) is 0 Å². The van der Waals surface area contributed by atoms with Crippen molar-refractivity contribution in [3.8, 4) is 45.3 Å². The van der Waals surface area contributed by atoms with Gasteiger partial charge >= 0.3 is 0 Å². The molecule has 0 aliphatic heterocycles. The molecule has 7 rings (SSSR count). The topological polar surface area (TPSA) is 38.7 Å². The first kappa shape index (κ1) is 25.3. The fraction of sp³-hybridized carbons (Fsp3) is 0.0541.